The summed E-state index contributed by atoms with van der Waals surface area (Å²) in [5.41, 5.74) is 0. The molecule has 168 valence electrons. The van der Waals surface area contributed by atoms with Crippen molar-refractivity contribution in [1.82, 2.24) is 0 Å². The van der Waals surface area contributed by atoms with Crippen LogP contribution in [0.2, 0.25) is 0 Å². The summed E-state index contributed by atoms with van der Waals surface area (Å²) in [4.78, 5) is 11.4. The van der Waals surface area contributed by atoms with Crippen molar-refractivity contribution in [3.63, 3.8) is 0 Å². The summed E-state index contributed by atoms with van der Waals surface area (Å²) < 4.78 is 8.10. The zero-order valence-corrected chi connectivity index (χ0v) is 14.3. The molecular weight excluding hydrogens is 396 g/mol. The largest absolute Gasteiger partial charge is 0.513 e. The van der Waals surface area contributed by atoms with E-state index in [2.05, 4.69) is 9.47 Å². The van der Waals surface area contributed by atoms with Gasteiger partial charge in [0.1, 0.15) is 48.8 Å². The molecular formula is C13H26O15. The molecule has 15 nitrogen and oxygen atoms in total. The van der Waals surface area contributed by atoms with E-state index in [1.54, 1.807) is 0 Å². The molecule has 0 aromatic heterocycles. The summed E-state index contributed by atoms with van der Waals surface area (Å²) in [6.07, 6.45) is -24.6. The van der Waals surface area contributed by atoms with Gasteiger partial charge in [-0.25, -0.2) is 4.79 Å². The van der Waals surface area contributed by atoms with Gasteiger partial charge in [-0.3, -0.25) is 0 Å². The number of hydrogen-bond acceptors (Lipinski definition) is 15. The van der Waals surface area contributed by atoms with Crippen LogP contribution in [0.25, 0.3) is 0 Å². The number of carbonyl (C=O) groups excluding carboxylic acids is 1. The summed E-state index contributed by atoms with van der Waals surface area (Å²) in [5, 5.41) is 111. The molecule has 12 N–H and O–H groups in total. The Balaban J connectivity index is 4.70. The van der Waals surface area contributed by atoms with Crippen LogP contribution < -0.4 is 0 Å². The van der Waals surface area contributed by atoms with Crippen LogP contribution in [-0.4, -0.2) is 142 Å². The molecule has 28 heavy (non-hydrogen) atoms. The predicted octanol–water partition coefficient (Wildman–Crippen LogP) is -7.35. The fourth-order valence-electron chi connectivity index (χ4n) is 1.78. The van der Waals surface area contributed by atoms with Crippen molar-refractivity contribution in [3.05, 3.63) is 0 Å². The molecule has 0 amide bonds. The zero-order valence-electron chi connectivity index (χ0n) is 14.3. The first kappa shape index (κ1) is 26.8. The second-order valence-electron chi connectivity index (χ2n) is 5.71. The number of aliphatic hydroxyl groups excluding tert-OH is 12. The Kier molecular flexibility index (Phi) is 11.8. The van der Waals surface area contributed by atoms with E-state index in [-0.39, 0.29) is 0 Å². The lowest BCUT2D eigenvalue weighted by Crippen LogP contribution is -2.52. The van der Waals surface area contributed by atoms with Crippen LogP contribution in [-0.2, 0) is 9.47 Å². The Bertz CT molecular complexity index is 412. The average molecular weight is 422 g/mol. The molecule has 0 aromatic rings. The summed E-state index contributed by atoms with van der Waals surface area (Å²) in [6.45, 7) is -2.01. The summed E-state index contributed by atoms with van der Waals surface area (Å²) in [7, 11) is 0. The van der Waals surface area contributed by atoms with Gasteiger partial charge in [0.15, 0.2) is 0 Å². The maximum Gasteiger partial charge on any atom is 0.513 e. The lowest BCUT2D eigenvalue weighted by atomic mass is 10.0. The number of aliphatic hydroxyl groups is 12. The third-order valence-electron chi connectivity index (χ3n) is 3.58. The smallest absolute Gasteiger partial charge is 0.401 e. The highest BCUT2D eigenvalue weighted by atomic mass is 16.8. The van der Waals surface area contributed by atoms with E-state index >= 15 is 0 Å². The minimum atomic E-state index is -2.57. The highest BCUT2D eigenvalue weighted by Crippen LogP contribution is 2.13. The van der Waals surface area contributed by atoms with Crippen molar-refractivity contribution in [2.45, 2.75) is 61.4 Å². The molecule has 0 fully saturated rings. The molecule has 0 saturated heterocycles. The van der Waals surface area contributed by atoms with Gasteiger partial charge in [-0.15, -0.1) is 0 Å². The van der Waals surface area contributed by atoms with Crippen molar-refractivity contribution in [2.24, 2.45) is 0 Å². The summed E-state index contributed by atoms with van der Waals surface area (Å²) in [5.74, 6) is 0. The molecule has 0 bridgehead atoms. The Labute approximate surface area is 157 Å². The van der Waals surface area contributed by atoms with Gasteiger partial charge in [-0.2, -0.15) is 0 Å². The van der Waals surface area contributed by atoms with Gasteiger partial charge in [-0.1, -0.05) is 0 Å². The number of rotatable bonds is 12. The van der Waals surface area contributed by atoms with Crippen LogP contribution in [0.4, 0.5) is 4.79 Å². The highest BCUT2D eigenvalue weighted by molar-refractivity contribution is 5.60. The van der Waals surface area contributed by atoms with Crippen molar-refractivity contribution < 1.29 is 75.5 Å². The molecule has 0 saturated carbocycles. The van der Waals surface area contributed by atoms with Crippen LogP contribution in [0.15, 0.2) is 0 Å². The monoisotopic (exact) mass is 422 g/mol. The molecule has 0 aromatic carbocycles. The van der Waals surface area contributed by atoms with Gasteiger partial charge < -0.3 is 70.8 Å². The van der Waals surface area contributed by atoms with Crippen molar-refractivity contribution in [1.29, 1.82) is 0 Å². The third-order valence-corrected chi connectivity index (χ3v) is 3.58. The van der Waals surface area contributed by atoms with Crippen molar-refractivity contribution >= 4 is 6.16 Å². The fourth-order valence-corrected chi connectivity index (χ4v) is 1.78. The first-order valence-corrected chi connectivity index (χ1v) is 7.78. The molecule has 0 heterocycles. The molecule has 0 aliphatic rings. The van der Waals surface area contributed by atoms with E-state index < -0.39 is 80.8 Å². The maximum absolute atomic E-state index is 11.4. The van der Waals surface area contributed by atoms with Crippen LogP contribution in [0, 0.1) is 0 Å². The standard InChI is InChI=1S/C13H26O15/c14-1-3(16)5(18)7(20)9(22)11(24)27-13(26)28-12(25)10(23)8(21)6(19)4(17)2-15/h3-12,14-25H,1-2H2/t3-,4-,5-,6-,7+,8+,9+,10+,11?,12?/m1/s1. The van der Waals surface area contributed by atoms with Gasteiger partial charge in [-0.05, 0) is 0 Å². The van der Waals surface area contributed by atoms with Gasteiger partial charge in [0.2, 0.25) is 12.6 Å². The normalized spacial score (nSPS) is 22.7. The molecule has 0 radical (unpaired) electrons. The van der Waals surface area contributed by atoms with Crippen LogP contribution in [0.1, 0.15) is 0 Å². The number of ether oxygens (including phenoxy) is 2. The minimum absolute atomic E-state index is 1.01. The molecule has 0 aliphatic carbocycles. The first-order chi connectivity index (χ1) is 12.9. The van der Waals surface area contributed by atoms with Gasteiger partial charge >= 0.3 is 6.16 Å². The van der Waals surface area contributed by atoms with Crippen LogP contribution in [0.3, 0.4) is 0 Å². The van der Waals surface area contributed by atoms with E-state index in [1.165, 1.54) is 0 Å². The molecule has 15 heteroatoms. The first-order valence-electron chi connectivity index (χ1n) is 7.78. The Morgan fingerprint density at radius 2 is 0.821 bits per heavy atom. The van der Waals surface area contributed by atoms with Crippen molar-refractivity contribution in [3.8, 4) is 0 Å². The molecule has 10 atom stereocenters. The van der Waals surface area contributed by atoms with E-state index in [1.807, 2.05) is 0 Å². The highest BCUT2D eigenvalue weighted by Gasteiger charge is 2.38. The van der Waals surface area contributed by atoms with E-state index in [0.717, 1.165) is 0 Å². The lowest BCUT2D eigenvalue weighted by molar-refractivity contribution is -0.223. The van der Waals surface area contributed by atoms with E-state index in [9.17, 15) is 45.6 Å². The third kappa shape index (κ3) is 7.66. The number of hydrogen-bond donors (Lipinski definition) is 12. The topological polar surface area (TPSA) is 278 Å². The zero-order chi connectivity index (χ0) is 22.2. The SMILES string of the molecule is O=C(OC(O)[C@@H](O)[C@@H](O)[C@H](O)[C@H](O)CO)OC(O)[C@@H](O)[C@@H](O)[C@H](O)[C@H](O)CO. The second-order valence-corrected chi connectivity index (χ2v) is 5.71. The molecule has 2 unspecified atom stereocenters. The lowest BCUT2D eigenvalue weighted by Gasteiger charge is -2.29. The Morgan fingerprint density at radius 3 is 1.07 bits per heavy atom. The molecule has 0 rings (SSSR count). The predicted molar refractivity (Wildman–Crippen MR) is 81.8 cm³/mol. The number of carbonyl (C=O) groups is 1. The van der Waals surface area contributed by atoms with Crippen LogP contribution >= 0.6 is 0 Å². The van der Waals surface area contributed by atoms with Crippen molar-refractivity contribution in [2.75, 3.05) is 13.2 Å². The summed E-state index contributed by atoms with van der Waals surface area (Å²) in [6, 6.07) is 0. The quantitative estimate of drug-likeness (QED) is 0.103. The minimum Gasteiger partial charge on any atom is -0.401 e. The Morgan fingerprint density at radius 1 is 0.536 bits per heavy atom. The second kappa shape index (κ2) is 12.4. The summed E-state index contributed by atoms with van der Waals surface area (Å²) >= 11 is 0. The molecule has 0 spiro atoms. The Hall–Kier alpha value is -1.21. The van der Waals surface area contributed by atoms with E-state index in [4.69, 9.17) is 20.4 Å². The van der Waals surface area contributed by atoms with Gasteiger partial charge in [0.25, 0.3) is 0 Å². The average Bonchev–Trinajstić information content (AvgIpc) is 2.68. The maximum atomic E-state index is 11.4. The van der Waals surface area contributed by atoms with Gasteiger partial charge in [0, 0.05) is 0 Å². The van der Waals surface area contributed by atoms with E-state index in [0.29, 0.717) is 0 Å². The van der Waals surface area contributed by atoms with Gasteiger partial charge in [0.05, 0.1) is 13.2 Å². The fraction of sp³-hybridized carbons (Fsp3) is 0.923. The molecule has 0 aliphatic heterocycles. The van der Waals surface area contributed by atoms with Crippen LogP contribution in [0.5, 0.6) is 0 Å².